The van der Waals surface area contributed by atoms with Crippen LogP contribution < -0.4 is 5.32 Å². The topological polar surface area (TPSA) is 52.0 Å². The second kappa shape index (κ2) is 7.36. The summed E-state index contributed by atoms with van der Waals surface area (Å²) < 4.78 is 34.4. The van der Waals surface area contributed by atoms with Gasteiger partial charge in [0.1, 0.15) is 11.6 Å². The molecule has 1 aromatic carbocycles. The van der Waals surface area contributed by atoms with Gasteiger partial charge < -0.3 is 14.6 Å². The Kier molecular flexibility index (Phi) is 5.20. The van der Waals surface area contributed by atoms with Gasteiger partial charge in [0, 0.05) is 19.2 Å². The lowest BCUT2D eigenvalue weighted by Crippen LogP contribution is -2.32. The van der Waals surface area contributed by atoms with Crippen molar-refractivity contribution in [1.82, 2.24) is 20.1 Å². The first-order chi connectivity index (χ1) is 11.6. The molecule has 2 heterocycles. The number of rotatable bonds is 6. The van der Waals surface area contributed by atoms with E-state index in [9.17, 15) is 8.78 Å². The van der Waals surface area contributed by atoms with Gasteiger partial charge in [0.05, 0.1) is 12.6 Å². The third kappa shape index (κ3) is 3.47. The minimum absolute atomic E-state index is 0.0296. The zero-order valence-electron chi connectivity index (χ0n) is 13.9. The Morgan fingerprint density at radius 1 is 1.29 bits per heavy atom. The van der Waals surface area contributed by atoms with Crippen LogP contribution in [0.2, 0.25) is 0 Å². The average molecular weight is 336 g/mol. The lowest BCUT2D eigenvalue weighted by molar-refractivity contribution is 0.0979. The first-order valence-electron chi connectivity index (χ1n) is 8.28. The van der Waals surface area contributed by atoms with E-state index in [1.54, 1.807) is 6.07 Å². The Morgan fingerprint density at radius 2 is 2.12 bits per heavy atom. The lowest BCUT2D eigenvalue weighted by atomic mass is 10.0. The molecule has 0 saturated carbocycles. The molecule has 2 aromatic rings. The van der Waals surface area contributed by atoms with Crippen molar-refractivity contribution in [3.63, 3.8) is 0 Å². The number of nitrogens with one attached hydrogen (secondary N) is 1. The summed E-state index contributed by atoms with van der Waals surface area (Å²) in [4.78, 5) is 0. The summed E-state index contributed by atoms with van der Waals surface area (Å²) in [5.41, 5.74) is 0.648. The number of benzene rings is 1. The van der Waals surface area contributed by atoms with Crippen LogP contribution in [-0.4, -0.2) is 27.4 Å². The van der Waals surface area contributed by atoms with Crippen molar-refractivity contribution in [2.75, 3.05) is 6.61 Å². The third-order valence-corrected chi connectivity index (χ3v) is 4.35. The molecule has 0 radical (unpaired) electrons. The van der Waals surface area contributed by atoms with Crippen LogP contribution in [0.15, 0.2) is 18.2 Å². The minimum atomic E-state index is -0.847. The molecule has 0 aliphatic carbocycles. The highest BCUT2D eigenvalue weighted by atomic mass is 19.2. The van der Waals surface area contributed by atoms with Crippen LogP contribution in [0.1, 0.15) is 43.1 Å². The van der Waals surface area contributed by atoms with Crippen LogP contribution in [0.4, 0.5) is 8.78 Å². The fourth-order valence-corrected chi connectivity index (χ4v) is 3.11. The first kappa shape index (κ1) is 17.0. The fraction of sp³-hybridized carbons (Fsp3) is 0.529. The average Bonchev–Trinajstić information content (AvgIpc) is 3.16. The van der Waals surface area contributed by atoms with Crippen molar-refractivity contribution in [2.45, 2.75) is 51.9 Å². The van der Waals surface area contributed by atoms with Gasteiger partial charge in [0.2, 0.25) is 0 Å². The molecule has 2 atom stereocenters. The zero-order valence-corrected chi connectivity index (χ0v) is 13.9. The second-order valence-electron chi connectivity index (χ2n) is 6.06. The molecule has 1 N–H and O–H groups in total. The van der Waals surface area contributed by atoms with E-state index in [2.05, 4.69) is 27.0 Å². The lowest BCUT2D eigenvalue weighted by Gasteiger charge is -2.20. The maximum atomic E-state index is 13.5. The van der Waals surface area contributed by atoms with E-state index in [1.807, 2.05) is 6.92 Å². The summed E-state index contributed by atoms with van der Waals surface area (Å²) in [6, 6.07) is 3.96. The predicted molar refractivity (Wildman–Crippen MR) is 85.3 cm³/mol. The zero-order chi connectivity index (χ0) is 17.1. The van der Waals surface area contributed by atoms with E-state index < -0.39 is 11.6 Å². The standard InChI is InChI=1S/C17H22F2N4O/c1-3-7-23-11(2)21-22-16(23)10-20-15-6-8-24-17(15)12-4-5-13(18)14(19)9-12/h4-5,9,15,17,20H,3,6-8,10H2,1-2H3/t15-,17+/m0/s1. The molecule has 24 heavy (non-hydrogen) atoms. The van der Waals surface area contributed by atoms with Gasteiger partial charge in [-0.2, -0.15) is 0 Å². The van der Waals surface area contributed by atoms with E-state index in [4.69, 9.17) is 4.74 Å². The summed E-state index contributed by atoms with van der Waals surface area (Å²) in [6.45, 7) is 6.08. The van der Waals surface area contributed by atoms with Gasteiger partial charge in [0.25, 0.3) is 0 Å². The molecule has 7 heteroatoms. The largest absolute Gasteiger partial charge is 0.372 e. The van der Waals surface area contributed by atoms with Crippen molar-refractivity contribution in [3.05, 3.63) is 47.0 Å². The van der Waals surface area contributed by atoms with Crippen LogP contribution in [0.3, 0.4) is 0 Å². The number of hydrogen-bond acceptors (Lipinski definition) is 4. The molecule has 0 spiro atoms. The molecule has 130 valence electrons. The molecule has 0 unspecified atom stereocenters. The Labute approximate surface area is 140 Å². The molecule has 0 bridgehead atoms. The fourth-order valence-electron chi connectivity index (χ4n) is 3.11. The normalized spacial score (nSPS) is 20.7. The first-order valence-corrected chi connectivity index (χ1v) is 8.28. The van der Waals surface area contributed by atoms with Gasteiger partial charge in [-0.25, -0.2) is 8.78 Å². The van der Waals surface area contributed by atoms with Crippen molar-refractivity contribution in [2.24, 2.45) is 0 Å². The third-order valence-electron chi connectivity index (χ3n) is 4.35. The molecule has 1 aliphatic heterocycles. The molecule has 1 aliphatic rings. The monoisotopic (exact) mass is 336 g/mol. The highest BCUT2D eigenvalue weighted by molar-refractivity contribution is 5.22. The smallest absolute Gasteiger partial charge is 0.159 e. The van der Waals surface area contributed by atoms with E-state index in [0.717, 1.165) is 37.1 Å². The second-order valence-corrected chi connectivity index (χ2v) is 6.06. The van der Waals surface area contributed by atoms with Crippen LogP contribution >= 0.6 is 0 Å². The Morgan fingerprint density at radius 3 is 2.88 bits per heavy atom. The maximum absolute atomic E-state index is 13.5. The highest BCUT2D eigenvalue weighted by Gasteiger charge is 2.30. The molecule has 0 amide bonds. The van der Waals surface area contributed by atoms with Crippen molar-refractivity contribution >= 4 is 0 Å². The molecule has 1 fully saturated rings. The SMILES string of the molecule is CCCn1c(C)nnc1CN[C@H]1CCO[C@@H]1c1ccc(F)c(F)c1. The summed E-state index contributed by atoms with van der Waals surface area (Å²) in [7, 11) is 0. The van der Waals surface area contributed by atoms with E-state index in [-0.39, 0.29) is 12.1 Å². The number of aromatic nitrogens is 3. The summed E-state index contributed by atoms with van der Waals surface area (Å²) in [5.74, 6) is 0.0863. The van der Waals surface area contributed by atoms with Gasteiger partial charge in [0.15, 0.2) is 11.6 Å². The summed E-state index contributed by atoms with van der Waals surface area (Å²) in [6.07, 6.45) is 1.53. The molecule has 3 rings (SSSR count). The number of ether oxygens (including phenoxy) is 1. The molecule has 1 saturated heterocycles. The minimum Gasteiger partial charge on any atom is -0.372 e. The predicted octanol–water partition coefficient (Wildman–Crippen LogP) is 2.89. The van der Waals surface area contributed by atoms with Gasteiger partial charge >= 0.3 is 0 Å². The number of hydrogen-bond donors (Lipinski definition) is 1. The summed E-state index contributed by atoms with van der Waals surface area (Å²) >= 11 is 0. The van der Waals surface area contributed by atoms with Gasteiger partial charge in [-0.1, -0.05) is 13.0 Å². The number of nitrogens with zero attached hydrogens (tertiary/aromatic N) is 3. The number of aryl methyl sites for hydroxylation is 1. The Hall–Kier alpha value is -1.86. The van der Waals surface area contributed by atoms with E-state index in [0.29, 0.717) is 18.7 Å². The van der Waals surface area contributed by atoms with Crippen LogP contribution in [0.5, 0.6) is 0 Å². The molecular formula is C17H22F2N4O. The Bertz CT molecular complexity index is 704. The van der Waals surface area contributed by atoms with Crippen LogP contribution in [0, 0.1) is 18.6 Å². The molecule has 1 aromatic heterocycles. The van der Waals surface area contributed by atoms with Crippen LogP contribution in [0.25, 0.3) is 0 Å². The van der Waals surface area contributed by atoms with Crippen LogP contribution in [-0.2, 0) is 17.8 Å². The molecular weight excluding hydrogens is 314 g/mol. The molecule has 5 nitrogen and oxygen atoms in total. The van der Waals surface area contributed by atoms with E-state index >= 15 is 0 Å². The van der Waals surface area contributed by atoms with Crippen molar-refractivity contribution in [3.8, 4) is 0 Å². The quantitative estimate of drug-likeness (QED) is 0.881. The van der Waals surface area contributed by atoms with Crippen molar-refractivity contribution in [1.29, 1.82) is 0 Å². The number of halogens is 2. The van der Waals surface area contributed by atoms with Crippen molar-refractivity contribution < 1.29 is 13.5 Å². The Balaban J connectivity index is 1.69. The maximum Gasteiger partial charge on any atom is 0.159 e. The summed E-state index contributed by atoms with van der Waals surface area (Å²) in [5, 5.41) is 11.8. The highest BCUT2D eigenvalue weighted by Crippen LogP contribution is 2.30. The van der Waals surface area contributed by atoms with Gasteiger partial charge in [-0.05, 0) is 37.5 Å². The van der Waals surface area contributed by atoms with E-state index in [1.165, 1.54) is 6.07 Å². The van der Waals surface area contributed by atoms with Gasteiger partial charge in [-0.3, -0.25) is 0 Å². The van der Waals surface area contributed by atoms with Gasteiger partial charge in [-0.15, -0.1) is 10.2 Å².